The molecule has 0 aromatic carbocycles. The van der Waals surface area contributed by atoms with Gasteiger partial charge in [0.05, 0.1) is 0 Å². The van der Waals surface area contributed by atoms with Gasteiger partial charge < -0.3 is 0 Å². The Morgan fingerprint density at radius 3 is 2.50 bits per heavy atom. The van der Waals surface area contributed by atoms with Crippen LogP contribution in [0.1, 0.15) is 52.4 Å². The number of hydrogen-bond donors (Lipinski definition) is 0. The monoisotopic (exact) mass is 216 g/mol. The second-order valence-corrected chi connectivity index (χ2v) is 8.22. The van der Waals surface area contributed by atoms with Gasteiger partial charge in [0, 0.05) is 0 Å². The fourth-order valence-corrected chi connectivity index (χ4v) is 8.01. The van der Waals surface area contributed by atoms with Crippen LogP contribution in [0.3, 0.4) is 0 Å². The third-order valence-corrected chi connectivity index (χ3v) is 8.34. The Morgan fingerprint density at radius 2 is 1.69 bits per heavy atom. The summed E-state index contributed by atoms with van der Waals surface area (Å²) in [6.07, 6.45) is 9.68. The first-order valence-corrected chi connectivity index (χ1v) is 7.67. The topological polar surface area (TPSA) is 0 Å². The average molecular weight is 216 g/mol. The van der Waals surface area contributed by atoms with Crippen LogP contribution < -0.4 is 0 Å². The van der Waals surface area contributed by atoms with E-state index in [2.05, 4.69) is 13.8 Å². The van der Waals surface area contributed by atoms with Crippen LogP contribution in [0.4, 0.5) is 0 Å². The molecule has 1 spiro atoms. The van der Waals surface area contributed by atoms with Gasteiger partial charge in [-0.25, -0.2) is 0 Å². The van der Waals surface area contributed by atoms with Crippen LogP contribution in [-0.4, -0.2) is 0 Å². The first-order valence-electron chi connectivity index (χ1n) is 7.67. The van der Waals surface area contributed by atoms with Crippen molar-refractivity contribution in [1.29, 1.82) is 0 Å². The standard InChI is InChI=1S/C16H24/c1-9-5-12-6-10-3-4-11-7-14-15(12,2)8-13(9)16(10,11)14/h9-14H,3-8H2,1-2H3. The second-order valence-electron chi connectivity index (χ2n) is 8.22. The van der Waals surface area contributed by atoms with Crippen LogP contribution in [0, 0.1) is 46.3 Å². The van der Waals surface area contributed by atoms with Gasteiger partial charge in [0.1, 0.15) is 0 Å². The van der Waals surface area contributed by atoms with Crippen LogP contribution in [-0.2, 0) is 0 Å². The van der Waals surface area contributed by atoms with Crippen LogP contribution in [0.2, 0.25) is 0 Å². The highest BCUT2D eigenvalue weighted by molar-refractivity contribution is 5.27. The van der Waals surface area contributed by atoms with Gasteiger partial charge in [0.2, 0.25) is 0 Å². The molecule has 0 radical (unpaired) electrons. The second kappa shape index (κ2) is 2.27. The molecule has 5 fully saturated rings. The molecule has 0 amide bonds. The highest BCUT2D eigenvalue weighted by Crippen LogP contribution is 2.86. The third kappa shape index (κ3) is 0.616. The van der Waals surface area contributed by atoms with Crippen molar-refractivity contribution in [3.05, 3.63) is 0 Å². The summed E-state index contributed by atoms with van der Waals surface area (Å²) in [4.78, 5) is 0. The Bertz CT molecular complexity index is 372. The predicted octanol–water partition coefficient (Wildman–Crippen LogP) is 4.10. The van der Waals surface area contributed by atoms with Gasteiger partial charge in [0.15, 0.2) is 0 Å². The number of hydrogen-bond acceptors (Lipinski definition) is 0. The summed E-state index contributed by atoms with van der Waals surface area (Å²) in [6, 6.07) is 0. The highest BCUT2D eigenvalue weighted by atomic mass is 14.8. The van der Waals surface area contributed by atoms with Crippen molar-refractivity contribution in [3.63, 3.8) is 0 Å². The van der Waals surface area contributed by atoms with Gasteiger partial charge in [-0.3, -0.25) is 0 Å². The third-order valence-electron chi connectivity index (χ3n) is 8.34. The van der Waals surface area contributed by atoms with E-state index in [1.165, 1.54) is 17.8 Å². The average Bonchev–Trinajstić information content (AvgIpc) is 2.48. The fraction of sp³-hybridized carbons (Fsp3) is 1.00. The quantitative estimate of drug-likeness (QED) is 0.572. The van der Waals surface area contributed by atoms with Crippen LogP contribution in [0.25, 0.3) is 0 Å². The minimum absolute atomic E-state index is 0.800. The summed E-state index contributed by atoms with van der Waals surface area (Å²) in [5.41, 5.74) is 1.70. The normalized spacial score (nSPS) is 73.9. The minimum atomic E-state index is 0.800. The number of rotatable bonds is 0. The van der Waals surface area contributed by atoms with Crippen molar-refractivity contribution < 1.29 is 0 Å². The lowest BCUT2D eigenvalue weighted by Crippen LogP contribution is -2.56. The molecular weight excluding hydrogens is 192 g/mol. The minimum Gasteiger partial charge on any atom is -0.0622 e. The molecule has 3 bridgehead atoms. The van der Waals surface area contributed by atoms with E-state index in [9.17, 15) is 0 Å². The van der Waals surface area contributed by atoms with E-state index in [0.717, 1.165) is 28.6 Å². The summed E-state index contributed by atoms with van der Waals surface area (Å²) < 4.78 is 0. The maximum absolute atomic E-state index is 2.68. The van der Waals surface area contributed by atoms with E-state index in [-0.39, 0.29) is 0 Å². The van der Waals surface area contributed by atoms with Crippen molar-refractivity contribution >= 4 is 0 Å². The van der Waals surface area contributed by atoms with Crippen LogP contribution in [0.5, 0.6) is 0 Å². The maximum atomic E-state index is 2.68. The summed E-state index contributed by atoms with van der Waals surface area (Å²) in [6.45, 7) is 5.27. The Morgan fingerprint density at radius 1 is 0.938 bits per heavy atom. The summed E-state index contributed by atoms with van der Waals surface area (Å²) in [5.74, 6) is 6.85. The molecule has 5 aliphatic carbocycles. The number of fused-ring (bicyclic) bond motifs is 1. The van der Waals surface area contributed by atoms with E-state index in [1.807, 2.05) is 0 Å². The van der Waals surface area contributed by atoms with Crippen molar-refractivity contribution in [2.45, 2.75) is 52.4 Å². The summed E-state index contributed by atoms with van der Waals surface area (Å²) >= 11 is 0. The molecule has 5 aliphatic rings. The van der Waals surface area contributed by atoms with Gasteiger partial charge in [-0.1, -0.05) is 13.8 Å². The summed E-state index contributed by atoms with van der Waals surface area (Å²) in [5, 5.41) is 0. The van der Waals surface area contributed by atoms with Crippen molar-refractivity contribution in [2.75, 3.05) is 0 Å². The molecule has 0 heteroatoms. The summed E-state index contributed by atoms with van der Waals surface area (Å²) in [7, 11) is 0. The van der Waals surface area contributed by atoms with Crippen molar-refractivity contribution in [2.24, 2.45) is 46.3 Å². The van der Waals surface area contributed by atoms with Gasteiger partial charge >= 0.3 is 0 Å². The highest BCUT2D eigenvalue weighted by Gasteiger charge is 2.79. The maximum Gasteiger partial charge on any atom is -0.0176 e. The van der Waals surface area contributed by atoms with Gasteiger partial charge in [0.25, 0.3) is 0 Å². The Hall–Kier alpha value is 0. The molecule has 88 valence electrons. The van der Waals surface area contributed by atoms with Gasteiger partial charge in [-0.2, -0.15) is 0 Å². The molecule has 0 aromatic rings. The van der Waals surface area contributed by atoms with E-state index in [4.69, 9.17) is 0 Å². The van der Waals surface area contributed by atoms with E-state index < -0.39 is 0 Å². The molecule has 8 unspecified atom stereocenters. The van der Waals surface area contributed by atoms with Crippen molar-refractivity contribution in [3.8, 4) is 0 Å². The zero-order chi connectivity index (χ0) is 10.7. The first-order chi connectivity index (χ1) is 7.67. The largest absolute Gasteiger partial charge is 0.0622 e. The van der Waals surface area contributed by atoms with E-state index in [1.54, 1.807) is 38.5 Å². The molecule has 16 heavy (non-hydrogen) atoms. The van der Waals surface area contributed by atoms with Gasteiger partial charge in [-0.15, -0.1) is 0 Å². The molecule has 0 N–H and O–H groups in total. The lowest BCUT2D eigenvalue weighted by Gasteiger charge is -2.61. The first kappa shape index (κ1) is 9.00. The van der Waals surface area contributed by atoms with Gasteiger partial charge in [-0.05, 0) is 84.9 Å². The SMILES string of the molecule is CC1CC2CC3CCC4CC5C2(C)CC1C345. The smallest absolute Gasteiger partial charge is 0.0176 e. The molecule has 5 rings (SSSR count). The molecule has 0 aliphatic heterocycles. The van der Waals surface area contributed by atoms with Crippen LogP contribution in [0.15, 0.2) is 0 Å². The molecule has 0 heterocycles. The molecule has 0 saturated heterocycles. The Labute approximate surface area is 99.2 Å². The zero-order valence-corrected chi connectivity index (χ0v) is 10.7. The zero-order valence-electron chi connectivity index (χ0n) is 10.7. The molecule has 0 aromatic heterocycles. The molecule has 5 saturated carbocycles. The molecular formula is C16H24. The Balaban J connectivity index is 1.77. The molecule has 8 atom stereocenters. The van der Waals surface area contributed by atoms with E-state index in [0.29, 0.717) is 0 Å². The van der Waals surface area contributed by atoms with E-state index >= 15 is 0 Å². The predicted molar refractivity (Wildman–Crippen MR) is 64.9 cm³/mol. The van der Waals surface area contributed by atoms with Crippen molar-refractivity contribution in [1.82, 2.24) is 0 Å². The molecule has 0 nitrogen and oxygen atoms in total. The Kier molecular flexibility index (Phi) is 1.28. The van der Waals surface area contributed by atoms with Crippen LogP contribution >= 0.6 is 0 Å². The lowest BCUT2D eigenvalue weighted by atomic mass is 9.43. The fourth-order valence-electron chi connectivity index (χ4n) is 8.01. The lowest BCUT2D eigenvalue weighted by molar-refractivity contribution is -0.139.